The lowest BCUT2D eigenvalue weighted by atomic mass is 10.1. The van der Waals surface area contributed by atoms with Crippen molar-refractivity contribution in [3.8, 4) is 11.5 Å². The van der Waals surface area contributed by atoms with E-state index in [1.165, 1.54) is 0 Å². The van der Waals surface area contributed by atoms with Crippen LogP contribution in [0.3, 0.4) is 0 Å². The Hall–Kier alpha value is -4.22. The normalized spacial score (nSPS) is 12.4. The highest BCUT2D eigenvalue weighted by Crippen LogP contribution is 2.37. The molecular weight excluding hydrogens is 434 g/mol. The van der Waals surface area contributed by atoms with Gasteiger partial charge in [0.05, 0.1) is 0 Å². The molecule has 33 heavy (non-hydrogen) atoms. The van der Waals surface area contributed by atoms with Gasteiger partial charge in [-0.05, 0) is 66.7 Å². The number of H-pyrrole nitrogens is 1. The molecule has 6 heteroatoms. The monoisotopic (exact) mass is 453 g/mol. The Morgan fingerprint density at radius 2 is 1.67 bits per heavy atom. The maximum Gasteiger partial charge on any atom is 0.272 e. The maximum atomic E-state index is 13.0. The summed E-state index contributed by atoms with van der Waals surface area (Å²) in [7, 11) is 0. The van der Waals surface area contributed by atoms with E-state index in [2.05, 4.69) is 16.9 Å². The lowest BCUT2D eigenvalue weighted by Crippen LogP contribution is -2.18. The molecule has 5 rings (SSSR count). The van der Waals surface area contributed by atoms with E-state index in [4.69, 9.17) is 16.3 Å². The van der Waals surface area contributed by atoms with Gasteiger partial charge >= 0.3 is 0 Å². The zero-order valence-electron chi connectivity index (χ0n) is 17.6. The zero-order chi connectivity index (χ0) is 22.8. The molecule has 0 fully saturated rings. The summed E-state index contributed by atoms with van der Waals surface area (Å²) >= 11 is 6.04. The largest absolute Gasteiger partial charge is 0.457 e. The van der Waals surface area contributed by atoms with Crippen LogP contribution < -0.4 is 15.0 Å². The van der Waals surface area contributed by atoms with E-state index < -0.39 is 0 Å². The molecule has 0 unspecified atom stereocenters. The van der Waals surface area contributed by atoms with Gasteiger partial charge in [-0.3, -0.25) is 9.69 Å². The summed E-state index contributed by atoms with van der Waals surface area (Å²) in [5.74, 6) is 1.89. The molecule has 1 amide bonds. The van der Waals surface area contributed by atoms with E-state index in [0.717, 1.165) is 28.5 Å². The fourth-order valence-corrected chi connectivity index (χ4v) is 3.77. The van der Waals surface area contributed by atoms with E-state index in [0.29, 0.717) is 22.2 Å². The summed E-state index contributed by atoms with van der Waals surface area (Å²) in [6, 6.07) is 26.1. The number of amides is 1. The number of carbonyl (C=O) groups excluding carboxylic acids is 1. The Balaban J connectivity index is 1.37. The first-order valence-electron chi connectivity index (χ1n) is 10.4. The van der Waals surface area contributed by atoms with E-state index in [1.54, 1.807) is 6.07 Å². The van der Waals surface area contributed by atoms with Crippen LogP contribution in [0.2, 0.25) is 5.02 Å². The van der Waals surface area contributed by atoms with Crippen molar-refractivity contribution in [1.29, 1.82) is 0 Å². The molecule has 1 aliphatic rings. The van der Waals surface area contributed by atoms with Gasteiger partial charge in [-0.15, -0.1) is 0 Å². The zero-order valence-corrected chi connectivity index (χ0v) is 18.3. The lowest BCUT2D eigenvalue weighted by Gasteiger charge is -2.27. The van der Waals surface area contributed by atoms with Gasteiger partial charge in [-0.2, -0.15) is 0 Å². The first-order chi connectivity index (χ1) is 16.1. The topological polar surface area (TPSA) is 57.4 Å². The molecule has 4 aromatic rings. The number of nitrogens with zero attached hydrogens (tertiary/aromatic N) is 1. The van der Waals surface area contributed by atoms with Gasteiger partial charge in [0.25, 0.3) is 5.91 Å². The van der Waals surface area contributed by atoms with Crippen LogP contribution in [0.4, 0.5) is 17.2 Å². The molecular formula is C27H20ClN3O2. The molecule has 0 radical (unpaired) electrons. The molecule has 0 aliphatic carbocycles. The fraction of sp³-hybridized carbons (Fsp3) is 0. The van der Waals surface area contributed by atoms with Crippen molar-refractivity contribution in [2.24, 2.45) is 0 Å². The van der Waals surface area contributed by atoms with Crippen LogP contribution in [0.15, 0.2) is 103 Å². The number of para-hydroxylation sites is 1. The van der Waals surface area contributed by atoms with E-state index in [1.807, 2.05) is 95.9 Å². The minimum Gasteiger partial charge on any atom is -0.457 e. The van der Waals surface area contributed by atoms with Gasteiger partial charge < -0.3 is 15.0 Å². The molecule has 0 saturated carbocycles. The third-order valence-electron chi connectivity index (χ3n) is 5.19. The number of aromatic nitrogens is 1. The summed E-state index contributed by atoms with van der Waals surface area (Å²) in [6.07, 6.45) is 3.85. The summed E-state index contributed by atoms with van der Waals surface area (Å²) in [4.78, 5) is 18.2. The molecule has 0 saturated heterocycles. The smallest absolute Gasteiger partial charge is 0.272 e. The van der Waals surface area contributed by atoms with Crippen molar-refractivity contribution in [2.45, 2.75) is 0 Å². The highest BCUT2D eigenvalue weighted by molar-refractivity contribution is 6.30. The van der Waals surface area contributed by atoms with Gasteiger partial charge in [0, 0.05) is 33.7 Å². The number of anilines is 3. The lowest BCUT2D eigenvalue weighted by molar-refractivity contribution is 0.102. The van der Waals surface area contributed by atoms with Crippen LogP contribution in [-0.2, 0) is 0 Å². The van der Waals surface area contributed by atoms with Crippen molar-refractivity contribution >= 4 is 40.8 Å². The SMILES string of the molecule is C=C1C=Cc2cc(C(=O)Nc3cccc(Oc4ccccc4)c3)[nH]c2N1c1ccc(Cl)cc1. The van der Waals surface area contributed by atoms with Crippen LogP contribution in [0.5, 0.6) is 11.5 Å². The van der Waals surface area contributed by atoms with E-state index in [9.17, 15) is 4.79 Å². The predicted octanol–water partition coefficient (Wildman–Crippen LogP) is 7.39. The Bertz CT molecular complexity index is 1360. The predicted molar refractivity (Wildman–Crippen MR) is 133 cm³/mol. The van der Waals surface area contributed by atoms with E-state index in [-0.39, 0.29) is 5.91 Å². The number of nitrogens with one attached hydrogen (secondary N) is 2. The molecule has 0 bridgehead atoms. The van der Waals surface area contributed by atoms with E-state index >= 15 is 0 Å². The highest BCUT2D eigenvalue weighted by atomic mass is 35.5. The first-order valence-corrected chi connectivity index (χ1v) is 10.7. The van der Waals surface area contributed by atoms with Crippen molar-refractivity contribution in [3.63, 3.8) is 0 Å². The quantitative estimate of drug-likeness (QED) is 0.331. The Morgan fingerprint density at radius 1 is 0.909 bits per heavy atom. The molecule has 2 N–H and O–H groups in total. The van der Waals surface area contributed by atoms with Crippen LogP contribution >= 0.6 is 11.6 Å². The second kappa shape index (κ2) is 8.73. The average Bonchev–Trinajstić information content (AvgIpc) is 3.25. The van der Waals surface area contributed by atoms with Gasteiger partial charge in [0.2, 0.25) is 0 Å². The number of fused-ring (bicyclic) bond motifs is 1. The van der Waals surface area contributed by atoms with Crippen LogP contribution in [0.25, 0.3) is 6.08 Å². The number of rotatable bonds is 5. The number of aromatic amines is 1. The minimum atomic E-state index is -0.253. The number of carbonyl (C=O) groups is 1. The van der Waals surface area contributed by atoms with Crippen molar-refractivity contribution in [1.82, 2.24) is 4.98 Å². The van der Waals surface area contributed by atoms with Crippen molar-refractivity contribution < 1.29 is 9.53 Å². The third-order valence-corrected chi connectivity index (χ3v) is 5.44. The summed E-state index contributed by atoms with van der Waals surface area (Å²) in [5.41, 5.74) is 3.64. The molecule has 0 atom stereocenters. The van der Waals surface area contributed by atoms with Gasteiger partial charge in [0.1, 0.15) is 23.0 Å². The molecule has 1 aliphatic heterocycles. The average molecular weight is 454 g/mol. The van der Waals surface area contributed by atoms with Crippen LogP contribution in [0.1, 0.15) is 16.1 Å². The molecule has 1 aromatic heterocycles. The minimum absolute atomic E-state index is 0.253. The summed E-state index contributed by atoms with van der Waals surface area (Å²) in [6.45, 7) is 4.13. The summed E-state index contributed by atoms with van der Waals surface area (Å²) in [5, 5.41) is 3.59. The number of hydrogen-bond donors (Lipinski definition) is 2. The Morgan fingerprint density at radius 3 is 2.45 bits per heavy atom. The molecule has 2 heterocycles. The second-order valence-electron chi connectivity index (χ2n) is 7.52. The molecule has 0 spiro atoms. The Kier molecular flexibility index (Phi) is 5.47. The number of allylic oxidation sites excluding steroid dienone is 1. The number of benzene rings is 3. The summed E-state index contributed by atoms with van der Waals surface area (Å²) < 4.78 is 5.86. The van der Waals surface area contributed by atoms with Crippen molar-refractivity contribution in [3.05, 3.63) is 120 Å². The van der Waals surface area contributed by atoms with Gasteiger partial charge in [0.15, 0.2) is 0 Å². The first kappa shape index (κ1) is 20.7. The molecule has 5 nitrogen and oxygen atoms in total. The number of halogens is 1. The Labute approximate surface area is 196 Å². The third kappa shape index (κ3) is 4.40. The fourth-order valence-electron chi connectivity index (χ4n) is 3.64. The maximum absolute atomic E-state index is 13.0. The van der Waals surface area contributed by atoms with Crippen LogP contribution in [-0.4, -0.2) is 10.9 Å². The number of ether oxygens (including phenoxy) is 1. The van der Waals surface area contributed by atoms with Crippen molar-refractivity contribution in [2.75, 3.05) is 10.2 Å². The van der Waals surface area contributed by atoms with Crippen LogP contribution in [0, 0.1) is 0 Å². The standard InChI is InChI=1S/C27H20ClN3O2/c1-18-10-11-19-16-25(30-26(19)31(18)22-14-12-20(28)13-15-22)27(32)29-21-6-5-9-24(17-21)33-23-7-3-2-4-8-23/h2-17,30H,1H2,(H,29,32). The molecule has 3 aromatic carbocycles. The second-order valence-corrected chi connectivity index (χ2v) is 7.96. The highest BCUT2D eigenvalue weighted by Gasteiger charge is 2.23. The molecule has 162 valence electrons. The van der Waals surface area contributed by atoms with Gasteiger partial charge in [-0.25, -0.2) is 0 Å². The number of hydrogen-bond acceptors (Lipinski definition) is 3. The van der Waals surface area contributed by atoms with Gasteiger partial charge in [-0.1, -0.05) is 42.4 Å².